The van der Waals surface area contributed by atoms with E-state index in [1.807, 2.05) is 0 Å². The highest BCUT2D eigenvalue weighted by atomic mass is 32.2. The number of anilines is 1. The molecular formula is C11H16N4O3S. The van der Waals surface area contributed by atoms with Crippen LogP contribution >= 0.6 is 0 Å². The van der Waals surface area contributed by atoms with Crippen molar-refractivity contribution in [1.82, 2.24) is 15.3 Å². The Kier molecular flexibility index (Phi) is 3.44. The predicted octanol–water partition coefficient (Wildman–Crippen LogP) is -0.175. The smallest absolute Gasteiger partial charge is 0.271 e. The Bertz CT molecular complexity index is 584. The first-order chi connectivity index (χ1) is 8.84. The third-order valence-corrected chi connectivity index (χ3v) is 4.96. The molecule has 0 bridgehead atoms. The summed E-state index contributed by atoms with van der Waals surface area (Å²) >= 11 is 0. The number of nitrogens with one attached hydrogen (secondary N) is 2. The second-order valence-corrected chi connectivity index (χ2v) is 7.08. The van der Waals surface area contributed by atoms with Gasteiger partial charge in [0, 0.05) is 7.05 Å². The highest BCUT2D eigenvalue weighted by Gasteiger charge is 2.39. The van der Waals surface area contributed by atoms with Gasteiger partial charge in [-0.1, -0.05) is 0 Å². The van der Waals surface area contributed by atoms with Crippen LogP contribution in [0.2, 0.25) is 0 Å². The number of hydrogen-bond acceptors (Lipinski definition) is 6. The first-order valence-electron chi connectivity index (χ1n) is 5.86. The molecule has 19 heavy (non-hydrogen) atoms. The Morgan fingerprint density at radius 2 is 2.11 bits per heavy atom. The average molecular weight is 284 g/mol. The van der Waals surface area contributed by atoms with Gasteiger partial charge in [-0.3, -0.25) is 4.79 Å². The van der Waals surface area contributed by atoms with Gasteiger partial charge in [0.15, 0.2) is 9.84 Å². The van der Waals surface area contributed by atoms with Gasteiger partial charge in [0.05, 0.1) is 29.4 Å². The number of carbonyl (C=O) groups is 1. The van der Waals surface area contributed by atoms with Crippen LogP contribution in [0.1, 0.15) is 23.8 Å². The maximum Gasteiger partial charge on any atom is 0.271 e. The van der Waals surface area contributed by atoms with E-state index >= 15 is 0 Å². The molecule has 104 valence electrons. The standard InChI is InChI=1S/C11H16N4O3S/c1-11(3-4-19(17,18)7-11)15-10(16)8-5-14-9(12-2)6-13-8/h5-6H,3-4,7H2,1-2H3,(H,12,14)(H,15,16). The minimum atomic E-state index is -3.05. The number of rotatable bonds is 3. The van der Waals surface area contributed by atoms with E-state index in [0.29, 0.717) is 12.2 Å². The summed E-state index contributed by atoms with van der Waals surface area (Å²) in [4.78, 5) is 20.0. The van der Waals surface area contributed by atoms with Crippen molar-refractivity contribution in [1.29, 1.82) is 0 Å². The Morgan fingerprint density at radius 1 is 1.37 bits per heavy atom. The summed E-state index contributed by atoms with van der Waals surface area (Å²) in [6.45, 7) is 1.73. The third kappa shape index (κ3) is 3.19. The van der Waals surface area contributed by atoms with E-state index in [1.54, 1.807) is 14.0 Å². The summed E-state index contributed by atoms with van der Waals surface area (Å²) in [6.07, 6.45) is 3.22. The molecule has 1 fully saturated rings. The Labute approximate surface area is 111 Å². The molecule has 1 saturated heterocycles. The van der Waals surface area contributed by atoms with Crippen molar-refractivity contribution < 1.29 is 13.2 Å². The van der Waals surface area contributed by atoms with E-state index in [0.717, 1.165) is 0 Å². The molecular weight excluding hydrogens is 268 g/mol. The maximum atomic E-state index is 12.0. The molecule has 1 aliphatic heterocycles. The number of sulfone groups is 1. The van der Waals surface area contributed by atoms with Crippen molar-refractivity contribution in [2.75, 3.05) is 23.9 Å². The van der Waals surface area contributed by atoms with Crippen molar-refractivity contribution >= 4 is 21.6 Å². The number of amides is 1. The van der Waals surface area contributed by atoms with Crippen LogP contribution in [0.4, 0.5) is 5.82 Å². The molecule has 0 aliphatic carbocycles. The van der Waals surface area contributed by atoms with Gasteiger partial charge in [0.1, 0.15) is 11.5 Å². The van der Waals surface area contributed by atoms with Crippen LogP contribution in [0, 0.1) is 0 Å². The second kappa shape index (κ2) is 4.76. The topological polar surface area (TPSA) is 101 Å². The lowest BCUT2D eigenvalue weighted by atomic mass is 10.0. The minimum Gasteiger partial charge on any atom is -0.372 e. The maximum absolute atomic E-state index is 12.0. The monoisotopic (exact) mass is 284 g/mol. The second-order valence-electron chi connectivity index (χ2n) is 4.89. The van der Waals surface area contributed by atoms with Gasteiger partial charge in [-0.05, 0) is 13.3 Å². The Balaban J connectivity index is 2.08. The van der Waals surface area contributed by atoms with Gasteiger partial charge >= 0.3 is 0 Å². The van der Waals surface area contributed by atoms with Crippen molar-refractivity contribution in [3.8, 4) is 0 Å². The van der Waals surface area contributed by atoms with Gasteiger partial charge in [-0.15, -0.1) is 0 Å². The fourth-order valence-corrected chi connectivity index (χ4v) is 4.11. The molecule has 1 atom stereocenters. The quantitative estimate of drug-likeness (QED) is 0.799. The molecule has 1 aromatic heterocycles. The molecule has 1 amide bonds. The van der Waals surface area contributed by atoms with Crippen LogP contribution in [-0.4, -0.2) is 48.4 Å². The third-order valence-electron chi connectivity index (χ3n) is 3.06. The van der Waals surface area contributed by atoms with E-state index in [1.165, 1.54) is 12.4 Å². The molecule has 1 aromatic rings. The Hall–Kier alpha value is -1.70. The number of aromatic nitrogens is 2. The van der Waals surface area contributed by atoms with Gasteiger partial charge in [0.2, 0.25) is 0 Å². The molecule has 2 heterocycles. The summed E-state index contributed by atoms with van der Waals surface area (Å²) in [7, 11) is -1.35. The average Bonchev–Trinajstić information content (AvgIpc) is 2.63. The molecule has 0 aromatic carbocycles. The van der Waals surface area contributed by atoms with Crippen molar-refractivity contribution in [3.05, 3.63) is 18.1 Å². The normalized spacial score (nSPS) is 24.9. The molecule has 1 aliphatic rings. The SMILES string of the molecule is CNc1cnc(C(=O)NC2(C)CCS(=O)(=O)C2)cn1. The van der Waals surface area contributed by atoms with Crippen LogP contribution in [0.5, 0.6) is 0 Å². The molecule has 7 nitrogen and oxygen atoms in total. The Morgan fingerprint density at radius 3 is 2.58 bits per heavy atom. The summed E-state index contributed by atoms with van der Waals surface area (Å²) < 4.78 is 22.9. The summed E-state index contributed by atoms with van der Waals surface area (Å²) in [5, 5.41) is 5.52. The molecule has 2 rings (SSSR count). The number of nitrogens with zero attached hydrogens (tertiary/aromatic N) is 2. The molecule has 2 N–H and O–H groups in total. The fourth-order valence-electron chi connectivity index (χ4n) is 2.02. The minimum absolute atomic E-state index is 0.0340. The highest BCUT2D eigenvalue weighted by Crippen LogP contribution is 2.23. The lowest BCUT2D eigenvalue weighted by Gasteiger charge is -2.23. The van der Waals surface area contributed by atoms with E-state index in [9.17, 15) is 13.2 Å². The van der Waals surface area contributed by atoms with Gasteiger partial charge < -0.3 is 10.6 Å². The fraction of sp³-hybridized carbons (Fsp3) is 0.545. The first-order valence-corrected chi connectivity index (χ1v) is 7.68. The first kappa shape index (κ1) is 13.7. The van der Waals surface area contributed by atoms with E-state index in [-0.39, 0.29) is 17.2 Å². The summed E-state index contributed by atoms with van der Waals surface area (Å²) in [5.74, 6) is 0.225. The van der Waals surface area contributed by atoms with Crippen LogP contribution < -0.4 is 10.6 Å². The molecule has 0 saturated carbocycles. The van der Waals surface area contributed by atoms with Crippen LogP contribution in [0.25, 0.3) is 0 Å². The largest absolute Gasteiger partial charge is 0.372 e. The van der Waals surface area contributed by atoms with Crippen molar-refractivity contribution in [2.24, 2.45) is 0 Å². The van der Waals surface area contributed by atoms with E-state index < -0.39 is 21.3 Å². The lowest BCUT2D eigenvalue weighted by Crippen LogP contribution is -2.47. The number of hydrogen-bond donors (Lipinski definition) is 2. The van der Waals surface area contributed by atoms with Crippen LogP contribution in [0.15, 0.2) is 12.4 Å². The molecule has 8 heteroatoms. The molecule has 1 unspecified atom stereocenters. The highest BCUT2D eigenvalue weighted by molar-refractivity contribution is 7.91. The summed E-state index contributed by atoms with van der Waals surface area (Å²) in [6, 6.07) is 0. The lowest BCUT2D eigenvalue weighted by molar-refractivity contribution is 0.0910. The number of carbonyl (C=O) groups excluding carboxylic acids is 1. The van der Waals surface area contributed by atoms with E-state index in [2.05, 4.69) is 20.6 Å². The molecule has 0 radical (unpaired) electrons. The van der Waals surface area contributed by atoms with Crippen molar-refractivity contribution in [2.45, 2.75) is 18.9 Å². The zero-order valence-corrected chi connectivity index (χ0v) is 11.6. The van der Waals surface area contributed by atoms with Crippen LogP contribution in [-0.2, 0) is 9.84 Å². The molecule has 0 spiro atoms. The summed E-state index contributed by atoms with van der Waals surface area (Å²) in [5.41, 5.74) is -0.552. The zero-order valence-electron chi connectivity index (χ0n) is 10.8. The van der Waals surface area contributed by atoms with E-state index in [4.69, 9.17) is 0 Å². The predicted molar refractivity (Wildman–Crippen MR) is 70.7 cm³/mol. The van der Waals surface area contributed by atoms with Gasteiger partial charge in [-0.25, -0.2) is 18.4 Å². The van der Waals surface area contributed by atoms with Crippen molar-refractivity contribution in [3.63, 3.8) is 0 Å². The zero-order chi connectivity index (χ0) is 14.1. The van der Waals surface area contributed by atoms with Gasteiger partial charge in [0.25, 0.3) is 5.91 Å². The van der Waals surface area contributed by atoms with Gasteiger partial charge in [-0.2, -0.15) is 0 Å². The van der Waals surface area contributed by atoms with Crippen LogP contribution in [0.3, 0.4) is 0 Å².